The Bertz CT molecular complexity index is 1960. The van der Waals surface area contributed by atoms with E-state index in [1.165, 1.54) is 18.5 Å². The fourth-order valence-electron chi connectivity index (χ4n) is 4.61. The lowest BCUT2D eigenvalue weighted by atomic mass is 10.1. The third-order valence-corrected chi connectivity index (χ3v) is 7.76. The Balaban J connectivity index is 1.53. The van der Waals surface area contributed by atoms with E-state index < -0.39 is 15.6 Å². The molecule has 0 bridgehead atoms. The largest absolute Gasteiger partial charge is 0.397 e. The Morgan fingerprint density at radius 2 is 1.60 bits per heavy atom. The van der Waals surface area contributed by atoms with Crippen LogP contribution in [-0.4, -0.2) is 29.7 Å². The molecule has 198 valence electrons. The molecule has 3 heterocycles. The maximum Gasteiger partial charge on any atom is 0.283 e. The first kappa shape index (κ1) is 25.6. The number of rotatable bonds is 5. The van der Waals surface area contributed by atoms with Gasteiger partial charge in [0, 0.05) is 40.4 Å². The molecule has 1 aliphatic heterocycles. The van der Waals surface area contributed by atoms with E-state index in [0.29, 0.717) is 33.5 Å². The summed E-state index contributed by atoms with van der Waals surface area (Å²) in [7, 11) is -4.01. The number of nitrogens with one attached hydrogen (secondary N) is 1. The zero-order chi connectivity index (χ0) is 28.1. The highest BCUT2D eigenvalue weighted by molar-refractivity contribution is 7.89. The molecule has 1 atom stereocenters. The summed E-state index contributed by atoms with van der Waals surface area (Å²) in [6.45, 7) is 0. The van der Waals surface area contributed by atoms with Crippen LogP contribution in [0.2, 0.25) is 5.02 Å². The van der Waals surface area contributed by atoms with Crippen molar-refractivity contribution in [2.45, 2.75) is 4.90 Å². The Kier molecular flexibility index (Phi) is 6.08. The van der Waals surface area contributed by atoms with Gasteiger partial charge in [-0.3, -0.25) is 9.78 Å². The molecule has 0 fully saturated rings. The molecular formula is C28H21ClN7O3S+. The quantitative estimate of drug-likeness (QED) is 0.252. The number of benzene rings is 3. The summed E-state index contributed by atoms with van der Waals surface area (Å²) >= 11 is 6.17. The van der Waals surface area contributed by atoms with Gasteiger partial charge in [0.25, 0.3) is 11.4 Å². The number of sulfonamides is 1. The number of aromatic nitrogens is 3. The number of fused-ring (bicyclic) bond motifs is 1. The highest BCUT2D eigenvalue weighted by atomic mass is 35.5. The van der Waals surface area contributed by atoms with E-state index in [0.717, 1.165) is 11.3 Å². The van der Waals surface area contributed by atoms with Gasteiger partial charge in [-0.05, 0) is 30.3 Å². The Morgan fingerprint density at radius 3 is 2.27 bits per heavy atom. The molecule has 0 aliphatic carbocycles. The lowest BCUT2D eigenvalue weighted by molar-refractivity contribution is 0.597. The number of aromatic amines is 1. The number of quaternary nitrogens is 1. The van der Waals surface area contributed by atoms with Gasteiger partial charge in [-0.15, -0.1) is 0 Å². The van der Waals surface area contributed by atoms with E-state index in [4.69, 9.17) is 27.5 Å². The summed E-state index contributed by atoms with van der Waals surface area (Å²) in [6, 6.07) is 24.1. The summed E-state index contributed by atoms with van der Waals surface area (Å²) in [5, 5.41) is 5.95. The average Bonchev–Trinajstić information content (AvgIpc) is 3.35. The minimum absolute atomic E-state index is 0.0877. The van der Waals surface area contributed by atoms with Crippen molar-refractivity contribution >= 4 is 56.5 Å². The number of hydrogen-bond donors (Lipinski definition) is 3. The van der Waals surface area contributed by atoms with E-state index in [1.54, 1.807) is 48.7 Å². The molecule has 1 aliphatic rings. The average molecular weight is 571 g/mol. The van der Waals surface area contributed by atoms with Crippen molar-refractivity contribution in [2.75, 3.05) is 5.73 Å². The number of hydrogen-bond acceptors (Lipinski definition) is 7. The molecule has 6 rings (SSSR count). The first-order valence-corrected chi connectivity index (χ1v) is 13.9. The number of aliphatic imine (C=N–C) groups is 1. The maximum atomic E-state index is 13.3. The molecule has 0 amide bonds. The predicted molar refractivity (Wildman–Crippen MR) is 156 cm³/mol. The summed E-state index contributed by atoms with van der Waals surface area (Å²) in [5.74, 6) is 0.599. The van der Waals surface area contributed by atoms with Gasteiger partial charge in [-0.1, -0.05) is 41.9 Å². The van der Waals surface area contributed by atoms with Crippen LogP contribution >= 0.6 is 11.6 Å². The lowest BCUT2D eigenvalue weighted by Crippen LogP contribution is -2.36. The zero-order valence-electron chi connectivity index (χ0n) is 20.7. The highest BCUT2D eigenvalue weighted by Gasteiger charge is 2.45. The monoisotopic (exact) mass is 570 g/mol. The fraction of sp³-hybridized carbons (Fsp3) is 0. The normalized spacial score (nSPS) is 16.1. The van der Waals surface area contributed by atoms with Gasteiger partial charge in [-0.2, -0.15) is 14.5 Å². The van der Waals surface area contributed by atoms with Crippen molar-refractivity contribution in [1.29, 1.82) is 0 Å². The van der Waals surface area contributed by atoms with Crippen LogP contribution in [0.25, 0.3) is 22.6 Å². The van der Waals surface area contributed by atoms with Gasteiger partial charge in [0.1, 0.15) is 11.5 Å². The van der Waals surface area contributed by atoms with Crippen LogP contribution < -0.4 is 20.9 Å². The Labute approximate surface area is 233 Å². The van der Waals surface area contributed by atoms with E-state index in [2.05, 4.69) is 15.0 Å². The van der Waals surface area contributed by atoms with Crippen LogP contribution in [0, 0.1) is 0 Å². The van der Waals surface area contributed by atoms with Crippen LogP contribution in [0.5, 0.6) is 0 Å². The van der Waals surface area contributed by atoms with Crippen LogP contribution in [0.4, 0.5) is 28.6 Å². The third kappa shape index (κ3) is 4.36. The molecule has 40 heavy (non-hydrogen) atoms. The second-order valence-electron chi connectivity index (χ2n) is 9.13. The number of halogens is 1. The van der Waals surface area contributed by atoms with Gasteiger partial charge in [0.05, 0.1) is 22.5 Å². The summed E-state index contributed by atoms with van der Waals surface area (Å²) < 4.78 is 24.2. The molecule has 0 radical (unpaired) electrons. The molecule has 5 aromatic rings. The van der Waals surface area contributed by atoms with Crippen molar-refractivity contribution in [3.8, 4) is 22.6 Å². The van der Waals surface area contributed by atoms with Crippen LogP contribution in [0.3, 0.4) is 0 Å². The third-order valence-electron chi connectivity index (χ3n) is 6.60. The van der Waals surface area contributed by atoms with Gasteiger partial charge in [-0.25, -0.2) is 13.6 Å². The van der Waals surface area contributed by atoms with Crippen LogP contribution in [0.1, 0.15) is 0 Å². The standard InChI is InChI=1S/C28H20ClN7O3S/c29-19-8-11-21(12-9-19)36(22-2-1-3-23(14-22)40(31,38)39)16-33-25-27(36)34-26(35-28(25)37)18-6-4-17(5-7-18)24-13-10-20(30)15-32-24/h1-16H,(H4-,30,31,34,35,37,38,39)/p+1. The maximum absolute atomic E-state index is 13.3. The summed E-state index contributed by atoms with van der Waals surface area (Å²) in [6.07, 6.45) is 3.12. The van der Waals surface area contributed by atoms with Crippen molar-refractivity contribution in [3.05, 3.63) is 107 Å². The smallest absolute Gasteiger partial charge is 0.283 e. The van der Waals surface area contributed by atoms with Crippen molar-refractivity contribution in [1.82, 2.24) is 19.4 Å². The number of nitrogens with two attached hydrogens (primary N) is 2. The molecule has 10 nitrogen and oxygen atoms in total. The molecular weight excluding hydrogens is 550 g/mol. The second-order valence-corrected chi connectivity index (χ2v) is 11.1. The minimum atomic E-state index is -4.01. The number of anilines is 1. The molecule has 0 saturated heterocycles. The van der Waals surface area contributed by atoms with E-state index in [1.807, 2.05) is 30.3 Å². The number of pyridine rings is 1. The first-order chi connectivity index (χ1) is 19.1. The van der Waals surface area contributed by atoms with Crippen LogP contribution in [-0.2, 0) is 10.0 Å². The first-order valence-electron chi connectivity index (χ1n) is 12.0. The van der Waals surface area contributed by atoms with Crippen molar-refractivity contribution in [2.24, 2.45) is 10.1 Å². The number of nitrogens with zero attached hydrogens (tertiary/aromatic N) is 4. The number of primary sulfonamides is 1. The lowest BCUT2D eigenvalue weighted by Gasteiger charge is -2.29. The SMILES string of the molecule is Nc1ccc(-c2ccc(-c3nc4c(c(=O)[nH]3)N=C[N+]4(c3ccc(Cl)cc3)c3cccc(S(N)(=O)=O)c3)cc2)nc1. The van der Waals surface area contributed by atoms with Gasteiger partial charge in [0.2, 0.25) is 22.0 Å². The minimum Gasteiger partial charge on any atom is -0.397 e. The second kappa shape index (κ2) is 9.50. The molecule has 0 spiro atoms. The van der Waals surface area contributed by atoms with E-state index in [-0.39, 0.29) is 20.9 Å². The number of nitrogen functional groups attached to an aromatic ring is 1. The Morgan fingerprint density at radius 1 is 0.875 bits per heavy atom. The molecule has 5 N–H and O–H groups in total. The van der Waals surface area contributed by atoms with Crippen molar-refractivity contribution < 1.29 is 8.42 Å². The molecule has 0 saturated carbocycles. The predicted octanol–water partition coefficient (Wildman–Crippen LogP) is 5.03. The van der Waals surface area contributed by atoms with Crippen LogP contribution in [0.15, 0.2) is 106 Å². The van der Waals surface area contributed by atoms with Gasteiger partial charge in [0.15, 0.2) is 5.69 Å². The Hall–Kier alpha value is -4.68. The zero-order valence-corrected chi connectivity index (χ0v) is 22.3. The highest BCUT2D eigenvalue weighted by Crippen LogP contribution is 2.48. The van der Waals surface area contributed by atoms with Crippen molar-refractivity contribution in [3.63, 3.8) is 0 Å². The van der Waals surface area contributed by atoms with E-state index >= 15 is 0 Å². The summed E-state index contributed by atoms with van der Waals surface area (Å²) in [5.41, 5.74) is 9.33. The molecule has 12 heteroatoms. The molecule has 3 aromatic carbocycles. The fourth-order valence-corrected chi connectivity index (χ4v) is 5.29. The summed E-state index contributed by atoms with van der Waals surface area (Å²) in [4.78, 5) is 29.6. The van der Waals surface area contributed by atoms with Gasteiger partial charge < -0.3 is 10.7 Å². The molecule has 1 unspecified atom stereocenters. The van der Waals surface area contributed by atoms with E-state index in [9.17, 15) is 13.2 Å². The topological polar surface area (TPSA) is 157 Å². The number of H-pyrrole nitrogens is 1. The molecule has 2 aromatic heterocycles. The van der Waals surface area contributed by atoms with Gasteiger partial charge >= 0.3 is 0 Å².